The molecule has 15 heavy (non-hydrogen) atoms. The lowest BCUT2D eigenvalue weighted by Gasteiger charge is -2.15. The summed E-state index contributed by atoms with van der Waals surface area (Å²) >= 11 is 3.43. The highest BCUT2D eigenvalue weighted by molar-refractivity contribution is 9.10. The number of ether oxygens (including phenoxy) is 1. The monoisotopic (exact) mass is 293 g/mol. The van der Waals surface area contributed by atoms with Crippen molar-refractivity contribution in [3.63, 3.8) is 0 Å². The van der Waals surface area contributed by atoms with Gasteiger partial charge in [-0.1, -0.05) is 22.9 Å². The van der Waals surface area contributed by atoms with Crippen LogP contribution in [0.4, 0.5) is 0 Å². The Morgan fingerprint density at radius 2 is 2.07 bits per heavy atom. The van der Waals surface area contributed by atoms with Crippen LogP contribution in [-0.4, -0.2) is 6.61 Å². The van der Waals surface area contributed by atoms with Crippen LogP contribution in [-0.2, 0) is 0 Å². The number of benzene rings is 1. The maximum absolute atomic E-state index is 5.99. The van der Waals surface area contributed by atoms with Gasteiger partial charge in [0.2, 0.25) is 0 Å². The van der Waals surface area contributed by atoms with E-state index in [0.717, 1.165) is 22.2 Å². The molecule has 1 aromatic rings. The highest BCUT2D eigenvalue weighted by atomic mass is 79.9. The van der Waals surface area contributed by atoms with Crippen molar-refractivity contribution in [2.45, 2.75) is 26.3 Å². The molecule has 1 aromatic carbocycles. The van der Waals surface area contributed by atoms with E-state index in [0.29, 0.717) is 6.61 Å². The molecule has 0 amide bonds. The summed E-state index contributed by atoms with van der Waals surface area (Å²) < 4.78 is 6.56. The van der Waals surface area contributed by atoms with Crippen molar-refractivity contribution in [2.75, 3.05) is 6.61 Å². The van der Waals surface area contributed by atoms with Gasteiger partial charge >= 0.3 is 0 Å². The SMILES string of the molecule is CCOc1ccc(Br)cc1[C@@H](N)CC.Cl. The molecule has 0 radical (unpaired) electrons. The summed E-state index contributed by atoms with van der Waals surface area (Å²) in [7, 11) is 0. The Morgan fingerprint density at radius 1 is 1.40 bits per heavy atom. The Labute approximate surface area is 106 Å². The van der Waals surface area contributed by atoms with Crippen LogP contribution < -0.4 is 10.5 Å². The average molecular weight is 295 g/mol. The first kappa shape index (κ1) is 14.8. The number of rotatable bonds is 4. The Hall–Kier alpha value is -0.250. The van der Waals surface area contributed by atoms with Crippen LogP contribution in [0.15, 0.2) is 22.7 Å². The molecule has 1 atom stereocenters. The molecule has 86 valence electrons. The van der Waals surface area contributed by atoms with Crippen LogP contribution in [0.25, 0.3) is 0 Å². The zero-order chi connectivity index (χ0) is 10.6. The van der Waals surface area contributed by atoms with Crippen LogP contribution in [0.2, 0.25) is 0 Å². The third-order valence-electron chi connectivity index (χ3n) is 2.11. The fourth-order valence-electron chi connectivity index (χ4n) is 1.32. The zero-order valence-electron chi connectivity index (χ0n) is 9.00. The molecule has 0 aliphatic carbocycles. The first-order valence-corrected chi connectivity index (χ1v) is 5.66. The Balaban J connectivity index is 0.00000196. The predicted molar refractivity (Wildman–Crippen MR) is 69.8 cm³/mol. The topological polar surface area (TPSA) is 35.2 Å². The first-order chi connectivity index (χ1) is 6.69. The number of hydrogen-bond donors (Lipinski definition) is 1. The molecule has 0 bridgehead atoms. The van der Waals surface area contributed by atoms with E-state index in [1.807, 2.05) is 25.1 Å². The molecule has 0 aliphatic heterocycles. The molecule has 0 saturated heterocycles. The maximum atomic E-state index is 5.99. The van der Waals surface area contributed by atoms with Crippen molar-refractivity contribution in [3.8, 4) is 5.75 Å². The van der Waals surface area contributed by atoms with Gasteiger partial charge in [0.1, 0.15) is 5.75 Å². The normalized spacial score (nSPS) is 11.7. The standard InChI is InChI=1S/C11H16BrNO.ClH/c1-3-10(13)9-7-8(12)5-6-11(9)14-4-2;/h5-7,10H,3-4,13H2,1-2H3;1H/t10-;/m0./s1. The van der Waals surface area contributed by atoms with E-state index in [2.05, 4.69) is 22.9 Å². The van der Waals surface area contributed by atoms with Gasteiger partial charge in [-0.15, -0.1) is 12.4 Å². The Kier molecular flexibility index (Phi) is 6.98. The molecule has 0 spiro atoms. The predicted octanol–water partition coefficient (Wildman–Crippen LogP) is 3.68. The molecular formula is C11H17BrClNO. The summed E-state index contributed by atoms with van der Waals surface area (Å²) in [4.78, 5) is 0. The van der Waals surface area contributed by atoms with Crippen LogP contribution >= 0.6 is 28.3 Å². The molecule has 2 nitrogen and oxygen atoms in total. The maximum Gasteiger partial charge on any atom is 0.124 e. The van der Waals surface area contributed by atoms with Gasteiger partial charge in [-0.25, -0.2) is 0 Å². The van der Waals surface area contributed by atoms with E-state index in [-0.39, 0.29) is 18.4 Å². The number of hydrogen-bond acceptors (Lipinski definition) is 2. The van der Waals surface area contributed by atoms with E-state index in [1.165, 1.54) is 0 Å². The third kappa shape index (κ3) is 4.01. The summed E-state index contributed by atoms with van der Waals surface area (Å²) in [5, 5.41) is 0. The van der Waals surface area contributed by atoms with Gasteiger partial charge in [0.25, 0.3) is 0 Å². The van der Waals surface area contributed by atoms with Gasteiger partial charge in [-0.2, -0.15) is 0 Å². The van der Waals surface area contributed by atoms with Crippen molar-refractivity contribution in [3.05, 3.63) is 28.2 Å². The summed E-state index contributed by atoms with van der Waals surface area (Å²) in [6.45, 7) is 4.72. The minimum absolute atomic E-state index is 0. The van der Waals surface area contributed by atoms with Crippen molar-refractivity contribution in [1.29, 1.82) is 0 Å². The molecule has 0 fully saturated rings. The highest BCUT2D eigenvalue weighted by Crippen LogP contribution is 2.28. The smallest absolute Gasteiger partial charge is 0.124 e. The van der Waals surface area contributed by atoms with E-state index in [4.69, 9.17) is 10.5 Å². The zero-order valence-corrected chi connectivity index (χ0v) is 11.4. The van der Waals surface area contributed by atoms with Crippen molar-refractivity contribution in [2.24, 2.45) is 5.73 Å². The number of nitrogens with two attached hydrogens (primary N) is 1. The van der Waals surface area contributed by atoms with Crippen molar-refractivity contribution < 1.29 is 4.74 Å². The summed E-state index contributed by atoms with van der Waals surface area (Å²) in [5.74, 6) is 0.894. The fourth-order valence-corrected chi connectivity index (χ4v) is 1.69. The van der Waals surface area contributed by atoms with Gasteiger partial charge in [0.05, 0.1) is 6.61 Å². The van der Waals surface area contributed by atoms with Gasteiger partial charge in [0, 0.05) is 16.1 Å². The molecule has 0 unspecified atom stereocenters. The lowest BCUT2D eigenvalue weighted by Crippen LogP contribution is -2.10. The molecule has 0 aliphatic rings. The largest absolute Gasteiger partial charge is 0.494 e. The summed E-state index contributed by atoms with van der Waals surface area (Å²) in [5.41, 5.74) is 7.07. The lowest BCUT2D eigenvalue weighted by atomic mass is 10.0. The third-order valence-corrected chi connectivity index (χ3v) is 2.60. The van der Waals surface area contributed by atoms with E-state index in [9.17, 15) is 0 Å². The second-order valence-corrected chi connectivity index (χ2v) is 4.05. The average Bonchev–Trinajstić information content (AvgIpc) is 2.20. The van der Waals surface area contributed by atoms with Gasteiger partial charge < -0.3 is 10.5 Å². The number of halogens is 2. The molecular weight excluding hydrogens is 277 g/mol. The molecule has 0 aromatic heterocycles. The van der Waals surface area contributed by atoms with E-state index >= 15 is 0 Å². The van der Waals surface area contributed by atoms with Crippen LogP contribution in [0.1, 0.15) is 31.9 Å². The highest BCUT2D eigenvalue weighted by Gasteiger charge is 2.10. The van der Waals surface area contributed by atoms with Gasteiger partial charge in [0.15, 0.2) is 0 Å². The van der Waals surface area contributed by atoms with E-state index < -0.39 is 0 Å². The van der Waals surface area contributed by atoms with Crippen LogP contribution in [0.3, 0.4) is 0 Å². The Bertz CT molecular complexity index is 307. The lowest BCUT2D eigenvalue weighted by molar-refractivity contribution is 0.333. The van der Waals surface area contributed by atoms with Crippen molar-refractivity contribution >= 4 is 28.3 Å². The van der Waals surface area contributed by atoms with Gasteiger partial charge in [-0.3, -0.25) is 0 Å². The molecule has 0 heterocycles. The fraction of sp³-hybridized carbons (Fsp3) is 0.455. The molecule has 1 rings (SSSR count). The minimum atomic E-state index is 0. The summed E-state index contributed by atoms with van der Waals surface area (Å²) in [6.07, 6.45) is 0.913. The van der Waals surface area contributed by atoms with Crippen molar-refractivity contribution in [1.82, 2.24) is 0 Å². The second-order valence-electron chi connectivity index (χ2n) is 3.13. The van der Waals surface area contributed by atoms with E-state index in [1.54, 1.807) is 0 Å². The van der Waals surface area contributed by atoms with Gasteiger partial charge in [-0.05, 0) is 31.5 Å². The molecule has 0 saturated carbocycles. The molecule has 2 N–H and O–H groups in total. The second kappa shape index (κ2) is 7.09. The minimum Gasteiger partial charge on any atom is -0.494 e. The van der Waals surface area contributed by atoms with Crippen LogP contribution in [0, 0.1) is 0 Å². The quantitative estimate of drug-likeness (QED) is 0.919. The summed E-state index contributed by atoms with van der Waals surface area (Å²) in [6, 6.07) is 6.00. The molecule has 4 heteroatoms. The Morgan fingerprint density at radius 3 is 2.60 bits per heavy atom. The van der Waals surface area contributed by atoms with Crippen LogP contribution in [0.5, 0.6) is 5.75 Å². The first-order valence-electron chi connectivity index (χ1n) is 4.86.